The van der Waals surface area contributed by atoms with E-state index in [1.165, 1.54) is 4.57 Å². The number of aryl methyl sites for hydroxylation is 2. The number of morpholine rings is 1. The van der Waals surface area contributed by atoms with E-state index in [2.05, 4.69) is 10.2 Å². The van der Waals surface area contributed by atoms with Gasteiger partial charge in [0.2, 0.25) is 5.91 Å². The van der Waals surface area contributed by atoms with E-state index in [0.29, 0.717) is 30.2 Å². The van der Waals surface area contributed by atoms with Gasteiger partial charge >= 0.3 is 0 Å². The van der Waals surface area contributed by atoms with Gasteiger partial charge in [0.05, 0.1) is 13.2 Å². The van der Waals surface area contributed by atoms with E-state index in [4.69, 9.17) is 10.00 Å². The van der Waals surface area contributed by atoms with Crippen LogP contribution in [0.5, 0.6) is 0 Å². The first-order valence-electron chi connectivity index (χ1n) is 8.83. The molecular weight excluding hydrogens is 344 g/mol. The number of hydrogen-bond donors (Lipinski definition) is 1. The highest BCUT2D eigenvalue weighted by molar-refractivity contribution is 5.90. The Hall–Kier alpha value is -3.11. The molecule has 0 atom stereocenters. The Labute approximate surface area is 157 Å². The molecule has 1 aliphatic heterocycles. The predicted molar refractivity (Wildman–Crippen MR) is 103 cm³/mol. The Morgan fingerprint density at radius 1 is 1.22 bits per heavy atom. The van der Waals surface area contributed by atoms with Crippen molar-refractivity contribution in [3.63, 3.8) is 0 Å². The van der Waals surface area contributed by atoms with E-state index in [9.17, 15) is 9.59 Å². The molecule has 27 heavy (non-hydrogen) atoms. The molecule has 0 aliphatic carbocycles. The van der Waals surface area contributed by atoms with Crippen LogP contribution in [0.3, 0.4) is 0 Å². The first-order chi connectivity index (χ1) is 13.0. The average Bonchev–Trinajstić information content (AvgIpc) is 2.67. The van der Waals surface area contributed by atoms with Crippen molar-refractivity contribution in [2.45, 2.75) is 20.4 Å². The van der Waals surface area contributed by atoms with Crippen molar-refractivity contribution in [1.82, 2.24) is 4.57 Å². The minimum atomic E-state index is -0.437. The summed E-state index contributed by atoms with van der Waals surface area (Å²) in [5, 5.41) is 11.9. The smallest absolute Gasteiger partial charge is 0.269 e. The van der Waals surface area contributed by atoms with Gasteiger partial charge in [-0.25, -0.2) is 0 Å². The summed E-state index contributed by atoms with van der Waals surface area (Å²) in [6.07, 6.45) is 0. The summed E-state index contributed by atoms with van der Waals surface area (Å²) >= 11 is 0. The molecule has 1 amide bonds. The van der Waals surface area contributed by atoms with Gasteiger partial charge < -0.3 is 19.5 Å². The highest BCUT2D eigenvalue weighted by atomic mass is 16.5. The maximum atomic E-state index is 12.4. The number of aromatic nitrogens is 1. The van der Waals surface area contributed by atoms with Gasteiger partial charge in [-0.05, 0) is 49.7 Å². The lowest BCUT2D eigenvalue weighted by Crippen LogP contribution is -2.36. The number of hydrogen-bond acceptors (Lipinski definition) is 5. The first-order valence-corrected chi connectivity index (χ1v) is 8.83. The van der Waals surface area contributed by atoms with Crippen LogP contribution in [-0.2, 0) is 16.1 Å². The molecule has 0 radical (unpaired) electrons. The number of ether oxygens (including phenoxy) is 1. The van der Waals surface area contributed by atoms with Crippen LogP contribution >= 0.6 is 0 Å². The number of nitrogens with one attached hydrogen (secondary N) is 1. The lowest BCUT2D eigenvalue weighted by Gasteiger charge is -2.28. The molecule has 0 bridgehead atoms. The van der Waals surface area contributed by atoms with Crippen LogP contribution in [0.2, 0.25) is 0 Å². The molecule has 3 rings (SSSR count). The van der Waals surface area contributed by atoms with Gasteiger partial charge in [0.1, 0.15) is 18.2 Å². The Balaban J connectivity index is 1.70. The topological polar surface area (TPSA) is 87.4 Å². The van der Waals surface area contributed by atoms with E-state index in [0.717, 1.165) is 18.8 Å². The molecular formula is C20H22N4O3. The second-order valence-electron chi connectivity index (χ2n) is 6.54. The number of anilines is 2. The van der Waals surface area contributed by atoms with Crippen molar-refractivity contribution in [3.05, 3.63) is 57.5 Å². The molecule has 7 heteroatoms. The number of pyridine rings is 1. The van der Waals surface area contributed by atoms with Crippen LogP contribution < -0.4 is 15.8 Å². The van der Waals surface area contributed by atoms with E-state index in [1.54, 1.807) is 19.9 Å². The van der Waals surface area contributed by atoms with Gasteiger partial charge in [-0.1, -0.05) is 0 Å². The van der Waals surface area contributed by atoms with Gasteiger partial charge in [-0.2, -0.15) is 5.26 Å². The van der Waals surface area contributed by atoms with Crippen LogP contribution in [0.25, 0.3) is 0 Å². The minimum Gasteiger partial charge on any atom is -0.378 e. The Kier molecular flexibility index (Phi) is 5.57. The third-order valence-electron chi connectivity index (χ3n) is 4.65. The maximum Gasteiger partial charge on any atom is 0.269 e. The largest absolute Gasteiger partial charge is 0.378 e. The zero-order valence-corrected chi connectivity index (χ0v) is 15.5. The van der Waals surface area contributed by atoms with E-state index in [-0.39, 0.29) is 18.0 Å². The maximum absolute atomic E-state index is 12.4. The molecule has 1 aromatic heterocycles. The fourth-order valence-corrected chi connectivity index (χ4v) is 3.18. The number of carbonyl (C=O) groups excluding carboxylic acids is 1. The number of amides is 1. The van der Waals surface area contributed by atoms with Gasteiger partial charge in [0, 0.05) is 30.2 Å². The van der Waals surface area contributed by atoms with Gasteiger partial charge in [0.15, 0.2) is 0 Å². The molecule has 2 aromatic rings. The standard InChI is InChI=1S/C20H22N4O3/c1-14-11-15(2)24(20(26)18(14)12-21)13-19(25)22-16-3-5-17(6-4-16)23-7-9-27-10-8-23/h3-6,11H,7-10,13H2,1-2H3,(H,22,25). The van der Waals surface area contributed by atoms with Crippen molar-refractivity contribution >= 4 is 17.3 Å². The van der Waals surface area contributed by atoms with Crippen LogP contribution in [0.15, 0.2) is 35.1 Å². The zero-order valence-electron chi connectivity index (χ0n) is 15.5. The average molecular weight is 366 g/mol. The van der Waals surface area contributed by atoms with Crippen LogP contribution in [0.4, 0.5) is 11.4 Å². The Bertz CT molecular complexity index is 935. The fraction of sp³-hybridized carbons (Fsp3) is 0.350. The van der Waals surface area contributed by atoms with Crippen molar-refractivity contribution in [2.75, 3.05) is 36.5 Å². The molecule has 0 saturated carbocycles. The fourth-order valence-electron chi connectivity index (χ4n) is 3.18. The second-order valence-corrected chi connectivity index (χ2v) is 6.54. The first kappa shape index (κ1) is 18.7. The molecule has 1 N–H and O–H groups in total. The van der Waals surface area contributed by atoms with E-state index < -0.39 is 5.56 Å². The van der Waals surface area contributed by atoms with Gasteiger partial charge in [-0.3, -0.25) is 9.59 Å². The lowest BCUT2D eigenvalue weighted by atomic mass is 10.1. The second kappa shape index (κ2) is 8.06. The molecule has 140 valence electrons. The third kappa shape index (κ3) is 4.18. The Morgan fingerprint density at radius 3 is 2.52 bits per heavy atom. The molecule has 1 saturated heterocycles. The normalized spacial score (nSPS) is 13.9. The molecule has 0 unspecified atom stereocenters. The minimum absolute atomic E-state index is 0.0725. The van der Waals surface area contributed by atoms with Crippen molar-refractivity contribution in [2.24, 2.45) is 0 Å². The third-order valence-corrected chi connectivity index (χ3v) is 4.65. The summed E-state index contributed by atoms with van der Waals surface area (Å²) in [6, 6.07) is 11.2. The number of rotatable bonds is 4. The summed E-state index contributed by atoms with van der Waals surface area (Å²) in [4.78, 5) is 27.0. The molecule has 1 fully saturated rings. The quantitative estimate of drug-likeness (QED) is 0.892. The molecule has 2 heterocycles. The predicted octanol–water partition coefficient (Wildman–Crippen LogP) is 1.81. The van der Waals surface area contributed by atoms with E-state index >= 15 is 0 Å². The number of nitrogens with zero attached hydrogens (tertiary/aromatic N) is 3. The lowest BCUT2D eigenvalue weighted by molar-refractivity contribution is -0.116. The summed E-state index contributed by atoms with van der Waals surface area (Å²) in [6.45, 7) is 6.46. The summed E-state index contributed by atoms with van der Waals surface area (Å²) < 4.78 is 6.67. The zero-order chi connectivity index (χ0) is 19.4. The van der Waals surface area contributed by atoms with Crippen molar-refractivity contribution < 1.29 is 9.53 Å². The monoisotopic (exact) mass is 366 g/mol. The van der Waals surface area contributed by atoms with Gasteiger partial charge in [0.25, 0.3) is 5.56 Å². The van der Waals surface area contributed by atoms with Crippen molar-refractivity contribution in [3.8, 4) is 6.07 Å². The van der Waals surface area contributed by atoms with Crippen LogP contribution in [0, 0.1) is 25.2 Å². The molecule has 1 aliphatic rings. The van der Waals surface area contributed by atoms with Crippen molar-refractivity contribution in [1.29, 1.82) is 5.26 Å². The number of nitriles is 1. The SMILES string of the molecule is Cc1cc(C)n(CC(=O)Nc2ccc(N3CCOCC3)cc2)c(=O)c1C#N. The molecule has 1 aromatic carbocycles. The Morgan fingerprint density at radius 2 is 1.89 bits per heavy atom. The highest BCUT2D eigenvalue weighted by Crippen LogP contribution is 2.19. The molecule has 7 nitrogen and oxygen atoms in total. The highest BCUT2D eigenvalue weighted by Gasteiger charge is 2.14. The summed E-state index contributed by atoms with van der Waals surface area (Å²) in [5.41, 5.74) is 2.65. The molecule has 0 spiro atoms. The number of benzene rings is 1. The summed E-state index contributed by atoms with van der Waals surface area (Å²) in [5.74, 6) is -0.313. The van der Waals surface area contributed by atoms with E-state index in [1.807, 2.05) is 30.3 Å². The summed E-state index contributed by atoms with van der Waals surface area (Å²) in [7, 11) is 0. The van der Waals surface area contributed by atoms with Crippen LogP contribution in [-0.4, -0.2) is 36.8 Å². The van der Waals surface area contributed by atoms with Gasteiger partial charge in [-0.15, -0.1) is 0 Å². The van der Waals surface area contributed by atoms with Crippen LogP contribution in [0.1, 0.15) is 16.8 Å². The number of carbonyl (C=O) groups is 1.